The lowest BCUT2D eigenvalue weighted by molar-refractivity contribution is -0.124. The Labute approximate surface area is 230 Å². The fourth-order valence-corrected chi connectivity index (χ4v) is 5.33. The highest BCUT2D eigenvalue weighted by Gasteiger charge is 2.44. The van der Waals surface area contributed by atoms with Crippen LogP contribution in [0.1, 0.15) is 19.8 Å². The number of thiocarbonyl (C=S) groups is 1. The number of piperazine rings is 1. The van der Waals surface area contributed by atoms with Gasteiger partial charge in [-0.15, -0.1) is 0 Å². The van der Waals surface area contributed by atoms with E-state index in [1.54, 1.807) is 55.5 Å². The lowest BCUT2D eigenvalue weighted by Crippen LogP contribution is -2.47. The lowest BCUT2D eigenvalue weighted by atomic mass is 10.1. The van der Waals surface area contributed by atoms with Gasteiger partial charge in [0.2, 0.25) is 5.91 Å². The predicted octanol–water partition coefficient (Wildman–Crippen LogP) is 3.06. The van der Waals surface area contributed by atoms with Crippen LogP contribution in [0, 0.1) is 0 Å². The average Bonchev–Trinajstić information content (AvgIpc) is 3.17. The first kappa shape index (κ1) is 27.8. The third kappa shape index (κ3) is 6.61. The van der Waals surface area contributed by atoms with E-state index in [1.807, 2.05) is 17.0 Å². The van der Waals surface area contributed by atoms with E-state index in [2.05, 4.69) is 22.0 Å². The number of hydrogen-bond acceptors (Lipinski definition) is 7. The second kappa shape index (κ2) is 13.0. The SMILES string of the molecule is CCN1CCN(CCCN2C(=S)N(c3ccc(OC)cc3)C(=O)C2CC(=O)Nc2ccc(OC)cc2)CC1. The first-order chi connectivity index (χ1) is 18.4. The molecule has 0 saturated carbocycles. The van der Waals surface area contributed by atoms with Gasteiger partial charge in [0.1, 0.15) is 17.5 Å². The third-order valence-electron chi connectivity index (χ3n) is 7.19. The van der Waals surface area contributed by atoms with Gasteiger partial charge in [-0.25, -0.2) is 0 Å². The van der Waals surface area contributed by atoms with Crippen LogP contribution >= 0.6 is 12.2 Å². The van der Waals surface area contributed by atoms with Gasteiger partial charge in [0.15, 0.2) is 5.11 Å². The summed E-state index contributed by atoms with van der Waals surface area (Å²) in [6.07, 6.45) is 0.861. The monoisotopic (exact) mass is 539 g/mol. The zero-order chi connectivity index (χ0) is 27.1. The van der Waals surface area contributed by atoms with Crippen molar-refractivity contribution in [1.29, 1.82) is 0 Å². The highest BCUT2D eigenvalue weighted by Crippen LogP contribution is 2.29. The zero-order valence-electron chi connectivity index (χ0n) is 22.4. The van der Waals surface area contributed by atoms with Crippen molar-refractivity contribution in [2.24, 2.45) is 0 Å². The number of nitrogens with one attached hydrogen (secondary N) is 1. The number of rotatable bonds is 11. The molecule has 2 aromatic rings. The molecule has 0 aliphatic carbocycles. The minimum absolute atomic E-state index is 0.00678. The van der Waals surface area contributed by atoms with Crippen LogP contribution in [-0.2, 0) is 9.59 Å². The molecule has 4 rings (SSSR count). The van der Waals surface area contributed by atoms with E-state index in [0.717, 1.165) is 45.7 Å². The van der Waals surface area contributed by atoms with E-state index in [1.165, 1.54) is 0 Å². The number of ether oxygens (including phenoxy) is 2. The molecule has 2 aliphatic heterocycles. The molecule has 9 nitrogen and oxygen atoms in total. The summed E-state index contributed by atoms with van der Waals surface area (Å²) in [5, 5.41) is 3.33. The Morgan fingerprint density at radius 2 is 1.50 bits per heavy atom. The molecule has 2 fully saturated rings. The minimum atomic E-state index is -0.667. The smallest absolute Gasteiger partial charge is 0.256 e. The Bertz CT molecular complexity index is 1100. The van der Waals surface area contributed by atoms with Crippen LogP contribution < -0.4 is 19.7 Å². The summed E-state index contributed by atoms with van der Waals surface area (Å²) >= 11 is 5.80. The molecule has 2 heterocycles. The quantitative estimate of drug-likeness (QED) is 0.437. The van der Waals surface area contributed by atoms with Gasteiger partial charge >= 0.3 is 0 Å². The standard InChI is InChI=1S/C28H37N5O4S/c1-4-30-16-18-31(19-17-30)14-5-15-32-25(20-26(34)29-21-6-10-23(36-2)11-7-21)27(35)33(28(32)38)22-8-12-24(37-3)13-9-22/h6-13,25H,4-5,14-20H2,1-3H3,(H,29,34). The van der Waals surface area contributed by atoms with Crippen molar-refractivity contribution in [2.75, 3.05) is 70.2 Å². The van der Waals surface area contributed by atoms with Crippen LogP contribution in [0.2, 0.25) is 0 Å². The molecule has 1 atom stereocenters. The summed E-state index contributed by atoms with van der Waals surface area (Å²) in [5.41, 5.74) is 1.31. The molecule has 0 radical (unpaired) electrons. The van der Waals surface area contributed by atoms with Crippen LogP contribution in [0.4, 0.5) is 11.4 Å². The van der Waals surface area contributed by atoms with Crippen molar-refractivity contribution in [3.63, 3.8) is 0 Å². The van der Waals surface area contributed by atoms with Gasteiger partial charge in [-0.1, -0.05) is 6.92 Å². The molecule has 2 saturated heterocycles. The summed E-state index contributed by atoms with van der Waals surface area (Å²) in [5.74, 6) is 0.966. The van der Waals surface area contributed by atoms with Crippen molar-refractivity contribution in [1.82, 2.24) is 14.7 Å². The number of hydrogen-bond donors (Lipinski definition) is 1. The maximum absolute atomic E-state index is 13.6. The van der Waals surface area contributed by atoms with Crippen LogP contribution in [0.15, 0.2) is 48.5 Å². The first-order valence-corrected chi connectivity index (χ1v) is 13.5. The van der Waals surface area contributed by atoms with Crippen LogP contribution in [0.25, 0.3) is 0 Å². The molecule has 2 amide bonds. The van der Waals surface area contributed by atoms with Gasteiger partial charge in [-0.3, -0.25) is 14.5 Å². The molecular weight excluding hydrogens is 502 g/mol. The summed E-state index contributed by atoms with van der Waals surface area (Å²) in [7, 11) is 3.19. The minimum Gasteiger partial charge on any atom is -0.497 e. The Kier molecular flexibility index (Phi) is 9.54. The third-order valence-corrected chi connectivity index (χ3v) is 7.60. The molecule has 10 heteroatoms. The van der Waals surface area contributed by atoms with Crippen molar-refractivity contribution in [2.45, 2.75) is 25.8 Å². The molecule has 2 aromatic carbocycles. The van der Waals surface area contributed by atoms with Crippen LogP contribution in [-0.4, -0.2) is 97.7 Å². The number of likely N-dealkylation sites (N-methyl/N-ethyl adjacent to an activating group) is 1. The molecule has 2 aliphatic rings. The van der Waals surface area contributed by atoms with E-state index >= 15 is 0 Å². The molecule has 1 unspecified atom stereocenters. The molecule has 1 N–H and O–H groups in total. The van der Waals surface area contributed by atoms with Crippen molar-refractivity contribution in [3.8, 4) is 11.5 Å². The topological polar surface area (TPSA) is 77.6 Å². The summed E-state index contributed by atoms with van der Waals surface area (Å²) in [6.45, 7) is 9.06. The van der Waals surface area contributed by atoms with Crippen LogP contribution in [0.3, 0.4) is 0 Å². The van der Waals surface area contributed by atoms with Gasteiger partial charge in [-0.05, 0) is 80.3 Å². The maximum atomic E-state index is 13.6. The number of methoxy groups -OCH3 is 2. The fraction of sp³-hybridized carbons (Fsp3) is 0.464. The lowest BCUT2D eigenvalue weighted by Gasteiger charge is -2.34. The van der Waals surface area contributed by atoms with Crippen LogP contribution in [0.5, 0.6) is 11.5 Å². The fourth-order valence-electron chi connectivity index (χ4n) is 4.91. The number of anilines is 2. The Morgan fingerprint density at radius 1 is 0.921 bits per heavy atom. The second-order valence-corrected chi connectivity index (χ2v) is 9.84. The van der Waals surface area contributed by atoms with E-state index < -0.39 is 6.04 Å². The summed E-state index contributed by atoms with van der Waals surface area (Å²) in [4.78, 5) is 35.0. The van der Waals surface area contributed by atoms with Crippen molar-refractivity contribution in [3.05, 3.63) is 48.5 Å². The first-order valence-electron chi connectivity index (χ1n) is 13.1. The molecule has 0 aromatic heterocycles. The summed E-state index contributed by atoms with van der Waals surface area (Å²) < 4.78 is 10.4. The Morgan fingerprint density at radius 3 is 2.08 bits per heavy atom. The number of benzene rings is 2. The molecule has 0 spiro atoms. The highest BCUT2D eigenvalue weighted by atomic mass is 32.1. The van der Waals surface area contributed by atoms with E-state index in [-0.39, 0.29) is 18.2 Å². The number of amides is 2. The maximum Gasteiger partial charge on any atom is 0.256 e. The molecular formula is C28H37N5O4S. The molecule has 0 bridgehead atoms. The molecule has 204 valence electrons. The van der Waals surface area contributed by atoms with Crippen molar-refractivity contribution >= 4 is 40.5 Å². The van der Waals surface area contributed by atoms with Gasteiger partial charge in [-0.2, -0.15) is 0 Å². The van der Waals surface area contributed by atoms with Gasteiger partial charge < -0.3 is 29.5 Å². The Hall–Kier alpha value is -3.21. The Balaban J connectivity index is 1.45. The van der Waals surface area contributed by atoms with Gasteiger partial charge in [0.05, 0.1) is 26.3 Å². The second-order valence-electron chi connectivity index (χ2n) is 9.47. The zero-order valence-corrected chi connectivity index (χ0v) is 23.2. The number of carbonyl (C=O) groups excluding carboxylic acids is 2. The van der Waals surface area contributed by atoms with Gasteiger partial charge in [0.25, 0.3) is 5.91 Å². The van der Waals surface area contributed by atoms with E-state index in [9.17, 15) is 9.59 Å². The average molecular weight is 540 g/mol. The predicted molar refractivity (Wildman–Crippen MR) is 153 cm³/mol. The largest absolute Gasteiger partial charge is 0.497 e. The number of carbonyl (C=O) groups is 2. The van der Waals surface area contributed by atoms with E-state index in [0.29, 0.717) is 34.5 Å². The van der Waals surface area contributed by atoms with Crippen molar-refractivity contribution < 1.29 is 19.1 Å². The summed E-state index contributed by atoms with van der Waals surface area (Å²) in [6, 6.07) is 13.7. The molecule has 38 heavy (non-hydrogen) atoms. The number of nitrogens with zero attached hydrogens (tertiary/aromatic N) is 4. The highest BCUT2D eigenvalue weighted by molar-refractivity contribution is 7.80. The van der Waals surface area contributed by atoms with Gasteiger partial charge in [0, 0.05) is 38.4 Å². The normalized spacial score (nSPS) is 18.7. The van der Waals surface area contributed by atoms with E-state index in [4.69, 9.17) is 21.7 Å².